The minimum absolute atomic E-state index is 0.0422. The van der Waals surface area contributed by atoms with Crippen LogP contribution in [0, 0.1) is 13.8 Å². The molecule has 1 aliphatic heterocycles. The first-order valence-electron chi connectivity index (χ1n) is 9.18. The van der Waals surface area contributed by atoms with Crippen LogP contribution in [-0.4, -0.2) is 47.8 Å². The molecule has 0 aliphatic carbocycles. The quantitative estimate of drug-likeness (QED) is 0.804. The van der Waals surface area contributed by atoms with Crippen LogP contribution in [-0.2, 0) is 22.4 Å². The fourth-order valence-electron chi connectivity index (χ4n) is 3.15. The first-order chi connectivity index (χ1) is 12.5. The van der Waals surface area contributed by atoms with Crippen molar-refractivity contribution in [1.82, 2.24) is 9.80 Å². The van der Waals surface area contributed by atoms with E-state index in [9.17, 15) is 9.59 Å². The second-order valence-corrected chi connectivity index (χ2v) is 7.10. The van der Waals surface area contributed by atoms with Crippen molar-refractivity contribution < 1.29 is 9.59 Å². The van der Waals surface area contributed by atoms with E-state index in [-0.39, 0.29) is 24.9 Å². The molecule has 2 aromatic rings. The summed E-state index contributed by atoms with van der Waals surface area (Å²) in [4.78, 5) is 28.2. The summed E-state index contributed by atoms with van der Waals surface area (Å²) in [6.45, 7) is 5.69. The van der Waals surface area contributed by atoms with Crippen LogP contribution in [0.25, 0.3) is 0 Å². The Bertz CT molecular complexity index is 698. The van der Waals surface area contributed by atoms with Gasteiger partial charge in [0.1, 0.15) is 0 Å². The number of aryl methyl sites for hydroxylation is 2. The van der Waals surface area contributed by atoms with E-state index < -0.39 is 0 Å². The van der Waals surface area contributed by atoms with E-state index in [2.05, 4.69) is 62.4 Å². The van der Waals surface area contributed by atoms with Crippen LogP contribution < -0.4 is 0 Å². The molecule has 0 unspecified atom stereocenters. The summed E-state index contributed by atoms with van der Waals surface area (Å²) in [5, 5.41) is 0. The molecule has 4 nitrogen and oxygen atoms in total. The van der Waals surface area contributed by atoms with Crippen molar-refractivity contribution in [3.8, 4) is 0 Å². The zero-order chi connectivity index (χ0) is 18.5. The fraction of sp³-hybridized carbons (Fsp3) is 0.364. The predicted octanol–water partition coefficient (Wildman–Crippen LogP) is 2.76. The highest BCUT2D eigenvalue weighted by Crippen LogP contribution is 2.11. The van der Waals surface area contributed by atoms with Gasteiger partial charge in [0.05, 0.1) is 13.1 Å². The number of nitrogens with zero attached hydrogens (tertiary/aromatic N) is 2. The molecule has 0 radical (unpaired) electrons. The van der Waals surface area contributed by atoms with E-state index in [1.54, 1.807) is 9.80 Å². The lowest BCUT2D eigenvalue weighted by molar-refractivity contribution is -0.150. The Morgan fingerprint density at radius 1 is 0.654 bits per heavy atom. The molecule has 0 spiro atoms. The number of hydrogen-bond acceptors (Lipinski definition) is 2. The molecule has 136 valence electrons. The van der Waals surface area contributed by atoms with E-state index in [0.717, 1.165) is 12.8 Å². The summed E-state index contributed by atoms with van der Waals surface area (Å²) >= 11 is 0. The van der Waals surface area contributed by atoms with Gasteiger partial charge in [0, 0.05) is 13.1 Å². The highest BCUT2D eigenvalue weighted by Gasteiger charge is 2.29. The highest BCUT2D eigenvalue weighted by molar-refractivity contribution is 5.92. The number of carbonyl (C=O) groups is 2. The molecule has 0 saturated carbocycles. The van der Waals surface area contributed by atoms with Gasteiger partial charge < -0.3 is 9.80 Å². The fourth-order valence-corrected chi connectivity index (χ4v) is 3.15. The minimum atomic E-state index is 0.0422. The monoisotopic (exact) mass is 350 g/mol. The van der Waals surface area contributed by atoms with Gasteiger partial charge in [-0.05, 0) is 37.8 Å². The normalized spacial score (nSPS) is 14.8. The zero-order valence-corrected chi connectivity index (χ0v) is 15.6. The van der Waals surface area contributed by atoms with Crippen LogP contribution in [0.5, 0.6) is 0 Å². The van der Waals surface area contributed by atoms with Crippen LogP contribution in [0.3, 0.4) is 0 Å². The first-order valence-corrected chi connectivity index (χ1v) is 9.18. The molecule has 0 bridgehead atoms. The molecular weight excluding hydrogens is 324 g/mol. The SMILES string of the molecule is Cc1ccc(CCN2CC(=O)N(CCc3ccc(C)cc3)CC2=O)cc1. The van der Waals surface area contributed by atoms with E-state index in [1.165, 1.54) is 22.3 Å². The van der Waals surface area contributed by atoms with E-state index in [4.69, 9.17) is 0 Å². The molecule has 0 atom stereocenters. The lowest BCUT2D eigenvalue weighted by atomic mass is 10.1. The van der Waals surface area contributed by atoms with Gasteiger partial charge in [-0.15, -0.1) is 0 Å². The Labute approximate surface area is 155 Å². The molecule has 1 heterocycles. The number of rotatable bonds is 6. The molecule has 1 aliphatic rings. The van der Waals surface area contributed by atoms with Crippen LogP contribution in [0.1, 0.15) is 22.3 Å². The van der Waals surface area contributed by atoms with E-state index >= 15 is 0 Å². The second-order valence-electron chi connectivity index (χ2n) is 7.10. The third-order valence-corrected chi connectivity index (χ3v) is 4.94. The topological polar surface area (TPSA) is 40.6 Å². The van der Waals surface area contributed by atoms with Crippen molar-refractivity contribution in [2.45, 2.75) is 26.7 Å². The largest absolute Gasteiger partial charge is 0.332 e. The Kier molecular flexibility index (Phi) is 5.71. The van der Waals surface area contributed by atoms with Crippen molar-refractivity contribution in [3.05, 3.63) is 70.8 Å². The van der Waals surface area contributed by atoms with Crippen molar-refractivity contribution >= 4 is 11.8 Å². The van der Waals surface area contributed by atoms with Crippen molar-refractivity contribution in [2.24, 2.45) is 0 Å². The first kappa shape index (κ1) is 18.2. The standard InChI is InChI=1S/C22H26N2O2/c1-17-3-7-19(8-4-17)11-13-23-15-22(26)24(16-21(23)25)14-12-20-9-5-18(2)6-10-20/h3-10H,11-16H2,1-2H3. The summed E-state index contributed by atoms with van der Waals surface area (Å²) < 4.78 is 0. The number of piperazine rings is 1. The molecule has 1 saturated heterocycles. The van der Waals surface area contributed by atoms with Gasteiger partial charge in [0.15, 0.2) is 0 Å². The van der Waals surface area contributed by atoms with Crippen molar-refractivity contribution in [2.75, 3.05) is 26.2 Å². The number of carbonyl (C=O) groups excluding carboxylic acids is 2. The van der Waals surface area contributed by atoms with Gasteiger partial charge in [-0.25, -0.2) is 0 Å². The van der Waals surface area contributed by atoms with Gasteiger partial charge >= 0.3 is 0 Å². The maximum Gasteiger partial charge on any atom is 0.242 e. The molecule has 1 fully saturated rings. The van der Waals surface area contributed by atoms with Crippen molar-refractivity contribution in [3.63, 3.8) is 0 Å². The molecule has 26 heavy (non-hydrogen) atoms. The number of benzene rings is 2. The molecule has 0 N–H and O–H groups in total. The molecular formula is C22H26N2O2. The molecule has 0 aromatic heterocycles. The summed E-state index contributed by atoms with van der Waals surface area (Å²) in [5.41, 5.74) is 4.83. The van der Waals surface area contributed by atoms with Gasteiger partial charge in [-0.1, -0.05) is 59.7 Å². The smallest absolute Gasteiger partial charge is 0.242 e. The summed E-state index contributed by atoms with van der Waals surface area (Å²) in [6, 6.07) is 16.6. The summed E-state index contributed by atoms with van der Waals surface area (Å²) in [5.74, 6) is 0.0845. The summed E-state index contributed by atoms with van der Waals surface area (Å²) in [6.07, 6.45) is 1.56. The Balaban J connectivity index is 1.50. The number of hydrogen-bond donors (Lipinski definition) is 0. The van der Waals surface area contributed by atoms with Crippen molar-refractivity contribution in [1.29, 1.82) is 0 Å². The highest BCUT2D eigenvalue weighted by atomic mass is 16.2. The Hall–Kier alpha value is -2.62. The maximum absolute atomic E-state index is 12.4. The molecule has 2 aromatic carbocycles. The van der Waals surface area contributed by atoms with Gasteiger partial charge in [0.25, 0.3) is 0 Å². The molecule has 3 rings (SSSR count). The van der Waals surface area contributed by atoms with Gasteiger partial charge in [-0.3, -0.25) is 9.59 Å². The van der Waals surface area contributed by atoms with Crippen LogP contribution in [0.15, 0.2) is 48.5 Å². The third-order valence-electron chi connectivity index (χ3n) is 4.94. The Morgan fingerprint density at radius 3 is 1.35 bits per heavy atom. The Morgan fingerprint density at radius 2 is 1.00 bits per heavy atom. The number of amides is 2. The van der Waals surface area contributed by atoms with Crippen LogP contribution in [0.4, 0.5) is 0 Å². The molecule has 2 amide bonds. The van der Waals surface area contributed by atoms with E-state index in [0.29, 0.717) is 13.1 Å². The van der Waals surface area contributed by atoms with Crippen LogP contribution in [0.2, 0.25) is 0 Å². The third kappa shape index (κ3) is 4.72. The second kappa shape index (κ2) is 8.17. The van der Waals surface area contributed by atoms with E-state index in [1.807, 2.05) is 0 Å². The predicted molar refractivity (Wildman–Crippen MR) is 103 cm³/mol. The zero-order valence-electron chi connectivity index (χ0n) is 15.6. The van der Waals surface area contributed by atoms with Gasteiger partial charge in [0.2, 0.25) is 11.8 Å². The lowest BCUT2D eigenvalue weighted by Crippen LogP contribution is -2.54. The van der Waals surface area contributed by atoms with Gasteiger partial charge in [-0.2, -0.15) is 0 Å². The summed E-state index contributed by atoms with van der Waals surface area (Å²) in [7, 11) is 0. The molecule has 4 heteroatoms. The average molecular weight is 350 g/mol. The minimum Gasteiger partial charge on any atom is -0.332 e. The lowest BCUT2D eigenvalue weighted by Gasteiger charge is -2.34. The average Bonchev–Trinajstić information content (AvgIpc) is 2.63. The maximum atomic E-state index is 12.4. The van der Waals surface area contributed by atoms with Crippen LogP contribution >= 0.6 is 0 Å².